The van der Waals surface area contributed by atoms with E-state index in [1.807, 2.05) is 55.5 Å². The van der Waals surface area contributed by atoms with Crippen LogP contribution in [0.1, 0.15) is 22.8 Å². The average molecular weight is 457 g/mol. The highest BCUT2D eigenvalue weighted by atomic mass is 35.5. The number of halogens is 2. The Morgan fingerprint density at radius 3 is 2.47 bits per heavy atom. The van der Waals surface area contributed by atoms with Gasteiger partial charge in [0.1, 0.15) is 5.75 Å². The quantitative estimate of drug-likeness (QED) is 0.318. The smallest absolute Gasteiger partial charge is 0.260 e. The molecular weight excluding hydrogens is 439 g/mol. The van der Waals surface area contributed by atoms with E-state index in [9.17, 15) is 4.79 Å². The number of carbonyl (C=O) groups is 1. The van der Waals surface area contributed by atoms with Gasteiger partial charge in [0.2, 0.25) is 0 Å². The second-order valence-electron chi connectivity index (χ2n) is 6.59. The number of nitrogens with zero attached hydrogens (tertiary/aromatic N) is 2. The fourth-order valence-electron chi connectivity index (χ4n) is 3.09. The fourth-order valence-corrected chi connectivity index (χ4v) is 4.61. The van der Waals surface area contributed by atoms with Gasteiger partial charge in [0.25, 0.3) is 5.91 Å². The zero-order valence-corrected chi connectivity index (χ0v) is 18.5. The van der Waals surface area contributed by atoms with Crippen LogP contribution in [0.2, 0.25) is 10.0 Å². The van der Waals surface area contributed by atoms with Crippen molar-refractivity contribution in [1.29, 1.82) is 0 Å². The molecule has 1 amide bonds. The van der Waals surface area contributed by atoms with Crippen LogP contribution in [-0.2, 0) is 6.54 Å². The summed E-state index contributed by atoms with van der Waals surface area (Å²) in [6, 6.07) is 20.4. The average Bonchev–Trinajstić information content (AvgIpc) is 3.15. The Hall–Kier alpha value is -2.60. The molecule has 4 aromatic rings. The Labute approximate surface area is 188 Å². The van der Waals surface area contributed by atoms with E-state index < -0.39 is 0 Å². The van der Waals surface area contributed by atoms with Crippen molar-refractivity contribution < 1.29 is 9.53 Å². The number of hydrogen-bond acceptors (Lipinski definition) is 4. The number of benzene rings is 3. The van der Waals surface area contributed by atoms with Gasteiger partial charge in [-0.3, -0.25) is 9.69 Å². The molecule has 0 fully saturated rings. The number of amides is 1. The van der Waals surface area contributed by atoms with Crippen LogP contribution in [0, 0.1) is 0 Å². The van der Waals surface area contributed by atoms with Crippen molar-refractivity contribution in [1.82, 2.24) is 4.98 Å². The van der Waals surface area contributed by atoms with E-state index in [0.717, 1.165) is 21.5 Å². The first kappa shape index (κ1) is 20.7. The van der Waals surface area contributed by atoms with Gasteiger partial charge >= 0.3 is 0 Å². The van der Waals surface area contributed by atoms with E-state index >= 15 is 0 Å². The third-order valence-corrected chi connectivity index (χ3v) is 5.91. The van der Waals surface area contributed by atoms with E-state index in [0.29, 0.717) is 33.9 Å². The van der Waals surface area contributed by atoms with Gasteiger partial charge in [0, 0.05) is 15.6 Å². The van der Waals surface area contributed by atoms with Gasteiger partial charge in [-0.25, -0.2) is 4.98 Å². The minimum atomic E-state index is -0.215. The Morgan fingerprint density at radius 2 is 1.77 bits per heavy atom. The van der Waals surface area contributed by atoms with Gasteiger partial charge in [-0.15, -0.1) is 0 Å². The Balaban J connectivity index is 1.76. The lowest BCUT2D eigenvalue weighted by molar-refractivity contribution is 0.0985. The third kappa shape index (κ3) is 4.59. The van der Waals surface area contributed by atoms with E-state index in [1.54, 1.807) is 23.1 Å². The maximum atomic E-state index is 13.5. The molecule has 3 aromatic carbocycles. The highest BCUT2D eigenvalue weighted by molar-refractivity contribution is 7.22. The summed E-state index contributed by atoms with van der Waals surface area (Å²) < 4.78 is 6.54. The van der Waals surface area contributed by atoms with Gasteiger partial charge in [0.15, 0.2) is 5.13 Å². The van der Waals surface area contributed by atoms with Crippen LogP contribution in [0.3, 0.4) is 0 Å². The molecule has 0 N–H and O–H groups in total. The lowest BCUT2D eigenvalue weighted by Gasteiger charge is -2.20. The van der Waals surface area contributed by atoms with Gasteiger partial charge in [0.05, 0.1) is 23.4 Å². The molecule has 4 nitrogen and oxygen atoms in total. The molecule has 0 atom stereocenters. The summed E-state index contributed by atoms with van der Waals surface area (Å²) in [5, 5.41) is 1.43. The first-order valence-electron chi connectivity index (χ1n) is 9.39. The SMILES string of the molecule is CCOc1ccc2nc(N(Cc3ccccc3)C(=O)c3cc(Cl)cc(Cl)c3)sc2c1. The molecule has 0 aliphatic carbocycles. The van der Waals surface area contributed by atoms with Crippen LogP contribution in [-0.4, -0.2) is 17.5 Å². The molecule has 0 aliphatic heterocycles. The number of anilines is 1. The van der Waals surface area contributed by atoms with Gasteiger partial charge in [-0.2, -0.15) is 0 Å². The number of thiazole rings is 1. The molecule has 30 heavy (non-hydrogen) atoms. The largest absolute Gasteiger partial charge is 0.494 e. The summed E-state index contributed by atoms with van der Waals surface area (Å²) in [5.41, 5.74) is 2.22. The molecule has 0 unspecified atom stereocenters. The summed E-state index contributed by atoms with van der Waals surface area (Å²) in [6.07, 6.45) is 0. The first-order valence-corrected chi connectivity index (χ1v) is 11.0. The topological polar surface area (TPSA) is 42.4 Å². The molecule has 0 bridgehead atoms. The predicted octanol–water partition coefficient (Wildman–Crippen LogP) is 6.85. The van der Waals surface area contributed by atoms with E-state index in [4.69, 9.17) is 32.9 Å². The Bertz CT molecular complexity index is 1170. The van der Waals surface area contributed by atoms with Crippen molar-refractivity contribution >= 4 is 55.8 Å². The summed E-state index contributed by atoms with van der Waals surface area (Å²) in [6.45, 7) is 2.91. The minimum Gasteiger partial charge on any atom is -0.494 e. The monoisotopic (exact) mass is 456 g/mol. The second-order valence-corrected chi connectivity index (χ2v) is 8.48. The lowest BCUT2D eigenvalue weighted by Crippen LogP contribution is -2.30. The molecule has 7 heteroatoms. The molecule has 0 saturated carbocycles. The highest BCUT2D eigenvalue weighted by Crippen LogP contribution is 2.33. The summed E-state index contributed by atoms with van der Waals surface area (Å²) >= 11 is 13.7. The molecule has 152 valence electrons. The van der Waals surface area contributed by atoms with Crippen LogP contribution in [0.15, 0.2) is 66.7 Å². The van der Waals surface area contributed by atoms with Crippen molar-refractivity contribution in [2.24, 2.45) is 0 Å². The Kier molecular flexibility index (Phi) is 6.23. The maximum absolute atomic E-state index is 13.5. The van der Waals surface area contributed by atoms with Gasteiger partial charge < -0.3 is 4.74 Å². The van der Waals surface area contributed by atoms with Crippen molar-refractivity contribution in [2.75, 3.05) is 11.5 Å². The molecule has 4 rings (SSSR count). The summed E-state index contributed by atoms with van der Waals surface area (Å²) in [4.78, 5) is 19.8. The molecule has 1 heterocycles. The number of rotatable bonds is 6. The summed E-state index contributed by atoms with van der Waals surface area (Å²) in [5.74, 6) is 0.565. The Morgan fingerprint density at radius 1 is 1.03 bits per heavy atom. The van der Waals surface area contributed by atoms with Crippen molar-refractivity contribution in [3.63, 3.8) is 0 Å². The fraction of sp³-hybridized carbons (Fsp3) is 0.130. The second kappa shape index (κ2) is 9.04. The zero-order chi connectivity index (χ0) is 21.1. The molecule has 1 aromatic heterocycles. The van der Waals surface area contributed by atoms with Crippen LogP contribution in [0.25, 0.3) is 10.2 Å². The zero-order valence-electron chi connectivity index (χ0n) is 16.1. The van der Waals surface area contributed by atoms with Crippen LogP contribution >= 0.6 is 34.5 Å². The molecule has 0 spiro atoms. The number of fused-ring (bicyclic) bond motifs is 1. The van der Waals surface area contributed by atoms with E-state index in [-0.39, 0.29) is 5.91 Å². The third-order valence-electron chi connectivity index (χ3n) is 4.43. The van der Waals surface area contributed by atoms with Crippen molar-refractivity contribution in [2.45, 2.75) is 13.5 Å². The maximum Gasteiger partial charge on any atom is 0.260 e. The normalized spacial score (nSPS) is 10.9. The van der Waals surface area contributed by atoms with Gasteiger partial charge in [-0.1, -0.05) is 64.9 Å². The molecule has 0 radical (unpaired) electrons. The van der Waals surface area contributed by atoms with E-state index in [1.165, 1.54) is 11.3 Å². The number of carbonyl (C=O) groups excluding carboxylic acids is 1. The number of ether oxygens (including phenoxy) is 1. The van der Waals surface area contributed by atoms with Crippen molar-refractivity contribution in [3.05, 3.63) is 87.9 Å². The molecular formula is C23H18Cl2N2O2S. The van der Waals surface area contributed by atoms with Crippen molar-refractivity contribution in [3.8, 4) is 5.75 Å². The summed E-state index contributed by atoms with van der Waals surface area (Å²) in [7, 11) is 0. The predicted molar refractivity (Wildman–Crippen MR) is 124 cm³/mol. The lowest BCUT2D eigenvalue weighted by atomic mass is 10.1. The van der Waals surface area contributed by atoms with E-state index in [2.05, 4.69) is 0 Å². The molecule has 0 aliphatic rings. The van der Waals surface area contributed by atoms with Gasteiger partial charge in [-0.05, 0) is 48.9 Å². The van der Waals surface area contributed by atoms with Crippen LogP contribution in [0.5, 0.6) is 5.75 Å². The number of hydrogen-bond donors (Lipinski definition) is 0. The minimum absolute atomic E-state index is 0.215. The first-order chi connectivity index (χ1) is 14.5. The molecule has 0 saturated heterocycles. The van der Waals surface area contributed by atoms with Crippen LogP contribution in [0.4, 0.5) is 5.13 Å². The van der Waals surface area contributed by atoms with Crippen LogP contribution < -0.4 is 9.64 Å². The number of aromatic nitrogens is 1. The standard InChI is InChI=1S/C23H18Cl2N2O2S/c1-2-29-19-8-9-20-21(13-19)30-23(26-20)27(14-15-6-4-3-5-7-15)22(28)16-10-17(24)12-18(25)11-16/h3-13H,2,14H2,1H3. The highest BCUT2D eigenvalue weighted by Gasteiger charge is 2.22.